The summed E-state index contributed by atoms with van der Waals surface area (Å²) in [7, 11) is 0. The monoisotopic (exact) mass is 573 g/mol. The minimum Gasteiger partial charge on any atom is -0.372 e. The third kappa shape index (κ3) is 5.31. The Bertz CT molecular complexity index is 1710. The van der Waals surface area contributed by atoms with Gasteiger partial charge in [-0.25, -0.2) is 4.40 Å². The van der Waals surface area contributed by atoms with Crippen molar-refractivity contribution in [3.63, 3.8) is 0 Å². The fraction of sp³-hybridized carbons (Fsp3) is 0.333. The zero-order valence-electron chi connectivity index (χ0n) is 22.5. The molecule has 0 unspecified atom stereocenters. The van der Waals surface area contributed by atoms with Gasteiger partial charge in [0.1, 0.15) is 4.83 Å². The molecule has 40 heavy (non-hydrogen) atoms. The highest BCUT2D eigenvalue weighted by molar-refractivity contribution is 7.99. The van der Waals surface area contributed by atoms with Crippen LogP contribution in [0.3, 0.4) is 0 Å². The summed E-state index contributed by atoms with van der Waals surface area (Å²) in [6.07, 6.45) is 1.48. The lowest BCUT2D eigenvalue weighted by Crippen LogP contribution is -2.29. The van der Waals surface area contributed by atoms with Crippen molar-refractivity contribution >= 4 is 45.0 Å². The van der Waals surface area contributed by atoms with Crippen molar-refractivity contribution in [3.8, 4) is 0 Å². The first kappa shape index (κ1) is 26.7. The quantitative estimate of drug-likeness (QED) is 0.254. The number of amides is 1. The largest absolute Gasteiger partial charge is 0.372 e. The second kappa shape index (κ2) is 11.6. The molecule has 3 aromatic heterocycles. The Morgan fingerprint density at radius 3 is 2.55 bits per heavy atom. The van der Waals surface area contributed by atoms with Crippen LogP contribution in [-0.2, 0) is 42.1 Å². The number of carbonyl (C=O) groups excluding carboxylic acids is 1. The van der Waals surface area contributed by atoms with Crippen LogP contribution in [0.25, 0.3) is 16.0 Å². The SMILES string of the molecule is CC(C)[C@H]1Cc2c(sc3c2c(=O)n(CCc2ccccc2)c2nnc(SCC(=O)NCc4ccccc4)n32)CO1. The van der Waals surface area contributed by atoms with Gasteiger partial charge >= 0.3 is 0 Å². The van der Waals surface area contributed by atoms with Crippen molar-refractivity contribution in [1.29, 1.82) is 0 Å². The average molecular weight is 574 g/mol. The number of thioether (sulfide) groups is 1. The molecule has 0 saturated carbocycles. The summed E-state index contributed by atoms with van der Waals surface area (Å²) in [6.45, 7) is 5.75. The van der Waals surface area contributed by atoms with E-state index >= 15 is 0 Å². The van der Waals surface area contributed by atoms with Crippen molar-refractivity contribution in [2.24, 2.45) is 5.92 Å². The van der Waals surface area contributed by atoms with Gasteiger partial charge in [-0.2, -0.15) is 0 Å². The first-order chi connectivity index (χ1) is 19.5. The van der Waals surface area contributed by atoms with Crippen LogP contribution in [0.4, 0.5) is 0 Å². The number of hydrogen-bond donors (Lipinski definition) is 1. The van der Waals surface area contributed by atoms with Crippen LogP contribution in [0, 0.1) is 5.92 Å². The summed E-state index contributed by atoms with van der Waals surface area (Å²) in [6, 6.07) is 20.0. The van der Waals surface area contributed by atoms with E-state index in [-0.39, 0.29) is 23.3 Å². The van der Waals surface area contributed by atoms with Crippen molar-refractivity contribution in [3.05, 3.63) is 92.6 Å². The maximum Gasteiger partial charge on any atom is 0.263 e. The van der Waals surface area contributed by atoms with Crippen LogP contribution in [0.2, 0.25) is 0 Å². The molecule has 8 nitrogen and oxygen atoms in total. The number of aromatic nitrogens is 4. The van der Waals surface area contributed by atoms with Gasteiger partial charge in [-0.05, 0) is 29.0 Å². The molecule has 6 rings (SSSR count). The maximum atomic E-state index is 14.0. The van der Waals surface area contributed by atoms with Crippen LogP contribution in [0.1, 0.15) is 35.4 Å². The first-order valence-electron chi connectivity index (χ1n) is 13.5. The number of hydrogen-bond acceptors (Lipinski definition) is 7. The van der Waals surface area contributed by atoms with Crippen molar-refractivity contribution in [2.45, 2.75) is 57.6 Å². The van der Waals surface area contributed by atoms with E-state index in [1.165, 1.54) is 11.8 Å². The minimum atomic E-state index is -0.0853. The van der Waals surface area contributed by atoms with Crippen LogP contribution in [0.5, 0.6) is 0 Å². The molecule has 1 amide bonds. The van der Waals surface area contributed by atoms with Crippen LogP contribution in [-0.4, -0.2) is 36.9 Å². The Morgan fingerprint density at radius 1 is 1.10 bits per heavy atom. The van der Waals surface area contributed by atoms with Crippen molar-refractivity contribution in [1.82, 2.24) is 24.5 Å². The predicted octanol–water partition coefficient (Wildman–Crippen LogP) is 4.85. The molecule has 206 valence electrons. The molecule has 1 N–H and O–H groups in total. The van der Waals surface area contributed by atoms with E-state index < -0.39 is 0 Å². The van der Waals surface area contributed by atoms with Crippen molar-refractivity contribution in [2.75, 3.05) is 5.75 Å². The Morgan fingerprint density at radius 2 is 1.82 bits per heavy atom. The Labute approximate surface area is 240 Å². The maximum absolute atomic E-state index is 14.0. The summed E-state index contributed by atoms with van der Waals surface area (Å²) in [5.74, 6) is 0.961. The van der Waals surface area contributed by atoms with E-state index in [4.69, 9.17) is 4.74 Å². The molecule has 1 aliphatic heterocycles. The van der Waals surface area contributed by atoms with Gasteiger partial charge in [0.2, 0.25) is 11.7 Å². The molecule has 0 fully saturated rings. The standard InChI is InChI=1S/C30H31N5O3S2/c1-19(2)23-15-22-24(17-38-23)40-28-26(22)27(37)34(14-13-20-9-5-3-6-10-20)29-32-33-30(35(28)29)39-18-25(36)31-16-21-11-7-4-8-12-21/h3-12,19,23H,13-18H2,1-2H3,(H,31,36)/t23-/m1/s1. The third-order valence-electron chi connectivity index (χ3n) is 7.30. The summed E-state index contributed by atoms with van der Waals surface area (Å²) in [5.41, 5.74) is 3.24. The topological polar surface area (TPSA) is 90.5 Å². The van der Waals surface area contributed by atoms with Gasteiger partial charge in [-0.3, -0.25) is 14.2 Å². The van der Waals surface area contributed by atoms with Crippen molar-refractivity contribution < 1.29 is 9.53 Å². The molecule has 1 aliphatic rings. The lowest BCUT2D eigenvalue weighted by Gasteiger charge is -2.26. The molecule has 5 aromatic rings. The van der Waals surface area contributed by atoms with Gasteiger partial charge in [0.25, 0.3) is 5.56 Å². The summed E-state index contributed by atoms with van der Waals surface area (Å²) < 4.78 is 9.85. The first-order valence-corrected chi connectivity index (χ1v) is 15.3. The lowest BCUT2D eigenvalue weighted by atomic mass is 9.96. The molecule has 0 radical (unpaired) electrons. The Hall–Kier alpha value is -3.47. The fourth-order valence-corrected chi connectivity index (χ4v) is 7.14. The number of aryl methyl sites for hydroxylation is 2. The van der Waals surface area contributed by atoms with Gasteiger partial charge in [-0.1, -0.05) is 86.3 Å². The zero-order valence-corrected chi connectivity index (χ0v) is 24.1. The smallest absolute Gasteiger partial charge is 0.263 e. The van der Waals surface area contributed by atoms with E-state index in [9.17, 15) is 9.59 Å². The highest BCUT2D eigenvalue weighted by atomic mass is 32.2. The van der Waals surface area contributed by atoms with Crippen LogP contribution >= 0.6 is 23.1 Å². The van der Waals surface area contributed by atoms with Gasteiger partial charge in [0, 0.05) is 24.4 Å². The zero-order chi connectivity index (χ0) is 27.6. The number of fused-ring (bicyclic) bond motifs is 5. The number of nitrogens with one attached hydrogen (secondary N) is 1. The number of ether oxygens (including phenoxy) is 1. The van der Waals surface area contributed by atoms with E-state index in [0.29, 0.717) is 49.4 Å². The van der Waals surface area contributed by atoms with Crippen LogP contribution < -0.4 is 10.9 Å². The Balaban J connectivity index is 1.36. The molecule has 0 saturated heterocycles. The highest BCUT2D eigenvalue weighted by Gasteiger charge is 2.30. The minimum absolute atomic E-state index is 0.0371. The van der Waals surface area contributed by atoms with Gasteiger partial charge < -0.3 is 10.1 Å². The average Bonchev–Trinajstić information content (AvgIpc) is 3.57. The molecule has 2 aromatic carbocycles. The van der Waals surface area contributed by atoms with E-state index in [1.807, 2.05) is 52.9 Å². The molecular weight excluding hydrogens is 542 g/mol. The molecule has 0 spiro atoms. The number of thiophene rings is 1. The second-order valence-corrected chi connectivity index (χ2v) is 12.4. The lowest BCUT2D eigenvalue weighted by molar-refractivity contribution is -0.118. The van der Waals surface area contributed by atoms with E-state index in [2.05, 4.69) is 41.5 Å². The molecule has 1 atom stereocenters. The summed E-state index contributed by atoms with van der Waals surface area (Å²) >= 11 is 2.90. The van der Waals surface area contributed by atoms with Gasteiger partial charge in [0.15, 0.2) is 5.16 Å². The number of benzene rings is 2. The normalized spacial score (nSPS) is 15.1. The fourth-order valence-electron chi connectivity index (χ4n) is 5.08. The highest BCUT2D eigenvalue weighted by Crippen LogP contribution is 2.37. The second-order valence-electron chi connectivity index (χ2n) is 10.3. The number of rotatable bonds is 9. The summed E-state index contributed by atoms with van der Waals surface area (Å²) in [5, 5.41) is 13.2. The molecule has 4 heterocycles. The Kier molecular flexibility index (Phi) is 7.73. The van der Waals surface area contributed by atoms with Crippen LogP contribution in [0.15, 0.2) is 70.6 Å². The molecule has 10 heteroatoms. The third-order valence-corrected chi connectivity index (χ3v) is 9.42. The van der Waals surface area contributed by atoms with Gasteiger partial charge in [0.05, 0.1) is 23.8 Å². The molecular formula is C30H31N5O3S2. The predicted molar refractivity (Wildman–Crippen MR) is 159 cm³/mol. The molecule has 0 bridgehead atoms. The van der Waals surface area contributed by atoms with E-state index in [1.54, 1.807) is 15.9 Å². The molecule has 0 aliphatic carbocycles. The number of nitrogens with zero attached hydrogens (tertiary/aromatic N) is 4. The van der Waals surface area contributed by atoms with E-state index in [0.717, 1.165) is 31.8 Å². The van der Waals surface area contributed by atoms with Gasteiger partial charge in [-0.15, -0.1) is 21.5 Å². The summed E-state index contributed by atoms with van der Waals surface area (Å²) in [4.78, 5) is 28.6. The number of carbonyl (C=O) groups is 1.